The summed E-state index contributed by atoms with van der Waals surface area (Å²) in [6.45, 7) is 6.23. The molecule has 0 aromatic carbocycles. The van der Waals surface area contributed by atoms with Crippen molar-refractivity contribution in [3.05, 3.63) is 146 Å². The molecule has 6 heteroatoms. The Morgan fingerprint density at radius 1 is 0.323 bits per heavy atom. The SMILES string of the molecule is CC/C=C\C/C=C\C/C=C\C/C=C\C/C=C\C/C=C\CCCCC(=O)OCC(COC(=O)CCCCCCCCC)OC(=O)CC/C=C\C/C=C\C/C=C\C/C=C\C/C=C\C/C=C\CC. The first-order chi connectivity index (χ1) is 32.0. The molecule has 0 saturated carbocycles. The van der Waals surface area contributed by atoms with Gasteiger partial charge in [0.05, 0.1) is 0 Å². The maximum atomic E-state index is 12.7. The van der Waals surface area contributed by atoms with E-state index in [9.17, 15) is 14.4 Å². The van der Waals surface area contributed by atoms with Gasteiger partial charge in [-0.2, -0.15) is 0 Å². The molecule has 0 fully saturated rings. The quantitative estimate of drug-likeness (QED) is 0.0263. The van der Waals surface area contributed by atoms with E-state index in [0.717, 1.165) is 109 Å². The van der Waals surface area contributed by atoms with Crippen molar-refractivity contribution in [1.82, 2.24) is 0 Å². The summed E-state index contributed by atoms with van der Waals surface area (Å²) in [7, 11) is 0. The molecule has 65 heavy (non-hydrogen) atoms. The average molecular weight is 895 g/mol. The minimum atomic E-state index is -0.839. The van der Waals surface area contributed by atoms with Crippen LogP contribution in [0.5, 0.6) is 0 Å². The van der Waals surface area contributed by atoms with E-state index in [-0.39, 0.29) is 38.0 Å². The summed E-state index contributed by atoms with van der Waals surface area (Å²) >= 11 is 0. The second-order valence-corrected chi connectivity index (χ2v) is 16.0. The fraction of sp³-hybridized carbons (Fsp3) is 0.542. The highest BCUT2D eigenvalue weighted by atomic mass is 16.6. The van der Waals surface area contributed by atoms with E-state index in [4.69, 9.17) is 14.2 Å². The van der Waals surface area contributed by atoms with Crippen molar-refractivity contribution in [2.45, 2.75) is 194 Å². The third kappa shape index (κ3) is 50.2. The van der Waals surface area contributed by atoms with Gasteiger partial charge in [-0.3, -0.25) is 14.4 Å². The van der Waals surface area contributed by atoms with Crippen LogP contribution in [0, 0.1) is 0 Å². The number of unbranched alkanes of at least 4 members (excludes halogenated alkanes) is 8. The maximum Gasteiger partial charge on any atom is 0.306 e. The van der Waals surface area contributed by atoms with Gasteiger partial charge in [-0.05, 0) is 109 Å². The van der Waals surface area contributed by atoms with Crippen LogP contribution in [0.2, 0.25) is 0 Å². The van der Waals surface area contributed by atoms with Gasteiger partial charge in [-0.25, -0.2) is 0 Å². The fourth-order valence-corrected chi connectivity index (χ4v) is 6.12. The van der Waals surface area contributed by atoms with Crippen LogP contribution in [-0.4, -0.2) is 37.2 Å². The van der Waals surface area contributed by atoms with Gasteiger partial charge in [0.2, 0.25) is 0 Å². The van der Waals surface area contributed by atoms with Crippen LogP contribution in [0.15, 0.2) is 146 Å². The predicted molar refractivity (Wildman–Crippen MR) is 279 cm³/mol. The lowest BCUT2D eigenvalue weighted by atomic mass is 10.1. The Morgan fingerprint density at radius 3 is 1.00 bits per heavy atom. The largest absolute Gasteiger partial charge is 0.462 e. The first-order valence-corrected chi connectivity index (χ1v) is 25.3. The zero-order chi connectivity index (χ0) is 47.2. The van der Waals surface area contributed by atoms with Gasteiger partial charge in [0.1, 0.15) is 13.2 Å². The van der Waals surface area contributed by atoms with E-state index in [0.29, 0.717) is 19.3 Å². The van der Waals surface area contributed by atoms with Crippen molar-refractivity contribution in [1.29, 1.82) is 0 Å². The fourth-order valence-electron chi connectivity index (χ4n) is 6.12. The predicted octanol–water partition coefficient (Wildman–Crippen LogP) is 16.9. The van der Waals surface area contributed by atoms with Gasteiger partial charge in [0.25, 0.3) is 0 Å². The number of carbonyl (C=O) groups excluding carboxylic acids is 3. The van der Waals surface area contributed by atoms with Gasteiger partial charge in [0.15, 0.2) is 6.10 Å². The van der Waals surface area contributed by atoms with Crippen molar-refractivity contribution < 1.29 is 28.6 Å². The molecule has 1 unspecified atom stereocenters. The van der Waals surface area contributed by atoms with Crippen molar-refractivity contribution >= 4 is 17.9 Å². The second-order valence-electron chi connectivity index (χ2n) is 16.0. The average Bonchev–Trinajstić information content (AvgIpc) is 3.30. The molecule has 0 aliphatic heterocycles. The van der Waals surface area contributed by atoms with E-state index in [2.05, 4.69) is 154 Å². The maximum absolute atomic E-state index is 12.7. The number of carbonyl (C=O) groups is 3. The lowest BCUT2D eigenvalue weighted by Crippen LogP contribution is -2.30. The molecule has 0 aromatic heterocycles. The third-order valence-corrected chi connectivity index (χ3v) is 9.85. The van der Waals surface area contributed by atoms with Crippen LogP contribution in [0.25, 0.3) is 0 Å². The lowest BCUT2D eigenvalue weighted by Gasteiger charge is -2.18. The molecule has 362 valence electrons. The molecular formula is C59H90O6. The standard InChI is InChI=1S/C59H90O6/c1-4-7-10-13-16-18-20-22-24-26-28-29-31-32-34-36-38-40-43-46-49-52-58(61)64-55-56(54-63-57(60)51-48-45-42-15-12-9-6-3)65-59(62)53-50-47-44-41-39-37-35-33-30-27-25-23-21-19-17-14-11-8-5-2/h7-8,10-11,16-19,22-25,28-30,32-34,37-40,44,47,56H,4-6,9,12-15,20-21,26-27,31,35-36,41-43,45-46,48-55H2,1-3H3/b10-7-,11-8-,18-16-,19-17-,24-22-,25-23-,29-28-,33-30-,34-32-,39-37-,40-38-,47-44-. The van der Waals surface area contributed by atoms with E-state index >= 15 is 0 Å². The van der Waals surface area contributed by atoms with Crippen LogP contribution >= 0.6 is 0 Å². The van der Waals surface area contributed by atoms with E-state index in [1.54, 1.807) is 0 Å². The molecular weight excluding hydrogens is 805 g/mol. The van der Waals surface area contributed by atoms with Gasteiger partial charge in [-0.1, -0.05) is 205 Å². The zero-order valence-electron chi connectivity index (χ0n) is 41.2. The molecule has 0 spiro atoms. The molecule has 0 aliphatic carbocycles. The summed E-state index contributed by atoms with van der Waals surface area (Å²) in [5, 5.41) is 0. The minimum absolute atomic E-state index is 0.128. The minimum Gasteiger partial charge on any atom is -0.462 e. The molecule has 0 N–H and O–H groups in total. The molecule has 0 bridgehead atoms. The molecule has 6 nitrogen and oxygen atoms in total. The molecule has 1 atom stereocenters. The van der Waals surface area contributed by atoms with E-state index in [1.165, 1.54) is 25.7 Å². The summed E-state index contributed by atoms with van der Waals surface area (Å²) in [5.41, 5.74) is 0. The first kappa shape index (κ1) is 60.3. The molecule has 0 amide bonds. The van der Waals surface area contributed by atoms with Crippen molar-refractivity contribution in [2.75, 3.05) is 13.2 Å². The summed E-state index contributed by atoms with van der Waals surface area (Å²) < 4.78 is 16.6. The molecule has 0 heterocycles. The highest BCUT2D eigenvalue weighted by Gasteiger charge is 2.19. The Labute approximate surface area is 397 Å². The molecule has 0 aliphatic rings. The summed E-state index contributed by atoms with van der Waals surface area (Å²) in [6.07, 6.45) is 74.3. The Balaban J connectivity index is 4.50. The third-order valence-electron chi connectivity index (χ3n) is 9.85. The number of rotatable bonds is 43. The summed E-state index contributed by atoms with van der Waals surface area (Å²) in [6, 6.07) is 0. The molecule has 0 rings (SSSR count). The second kappa shape index (κ2) is 51.9. The number of hydrogen-bond donors (Lipinski definition) is 0. The Bertz CT molecular complexity index is 1490. The van der Waals surface area contributed by atoms with Gasteiger partial charge < -0.3 is 14.2 Å². The zero-order valence-corrected chi connectivity index (χ0v) is 41.2. The van der Waals surface area contributed by atoms with Crippen LogP contribution < -0.4 is 0 Å². The van der Waals surface area contributed by atoms with E-state index in [1.807, 2.05) is 12.2 Å². The topological polar surface area (TPSA) is 78.9 Å². The van der Waals surface area contributed by atoms with Crippen molar-refractivity contribution in [3.63, 3.8) is 0 Å². The van der Waals surface area contributed by atoms with Gasteiger partial charge in [0, 0.05) is 19.3 Å². The van der Waals surface area contributed by atoms with Gasteiger partial charge in [-0.15, -0.1) is 0 Å². The van der Waals surface area contributed by atoms with Crippen LogP contribution in [0.3, 0.4) is 0 Å². The molecule has 0 saturated heterocycles. The smallest absolute Gasteiger partial charge is 0.306 e. The molecule has 0 aromatic rings. The number of ether oxygens (including phenoxy) is 3. The summed E-state index contributed by atoms with van der Waals surface area (Å²) in [4.78, 5) is 37.8. The normalized spacial score (nSPS) is 13.3. The monoisotopic (exact) mass is 895 g/mol. The number of hydrogen-bond acceptors (Lipinski definition) is 6. The molecule has 0 radical (unpaired) electrons. The highest BCUT2D eigenvalue weighted by molar-refractivity contribution is 5.71. The van der Waals surface area contributed by atoms with Gasteiger partial charge >= 0.3 is 17.9 Å². The Morgan fingerprint density at radius 2 is 0.631 bits per heavy atom. The lowest BCUT2D eigenvalue weighted by molar-refractivity contribution is -0.166. The first-order valence-electron chi connectivity index (χ1n) is 25.3. The van der Waals surface area contributed by atoms with Crippen LogP contribution in [0.1, 0.15) is 188 Å². The summed E-state index contributed by atoms with van der Waals surface area (Å²) in [5.74, 6) is -1.08. The Hall–Kier alpha value is -4.71. The highest BCUT2D eigenvalue weighted by Crippen LogP contribution is 2.11. The number of esters is 3. The van der Waals surface area contributed by atoms with Crippen LogP contribution in [0.4, 0.5) is 0 Å². The van der Waals surface area contributed by atoms with Crippen molar-refractivity contribution in [2.24, 2.45) is 0 Å². The van der Waals surface area contributed by atoms with Crippen molar-refractivity contribution in [3.8, 4) is 0 Å². The van der Waals surface area contributed by atoms with Crippen LogP contribution in [-0.2, 0) is 28.6 Å². The van der Waals surface area contributed by atoms with E-state index < -0.39 is 12.1 Å². The Kier molecular flexibility index (Phi) is 48.2. The number of allylic oxidation sites excluding steroid dienone is 24.